The number of nitrogens with two attached hydrogens (primary N) is 1. The van der Waals surface area contributed by atoms with E-state index < -0.39 is 0 Å². The Morgan fingerprint density at radius 3 is 0.748 bits per heavy atom. The number of benzene rings is 12. The van der Waals surface area contributed by atoms with E-state index in [2.05, 4.69) is 305 Å². The fourth-order valence-corrected chi connectivity index (χ4v) is 15.2. The van der Waals surface area contributed by atoms with E-state index in [4.69, 9.17) is 20.7 Å². The molecule has 0 saturated heterocycles. The average molecular weight is 1710 g/mol. The third kappa shape index (κ3) is 19.7. The third-order valence-electron chi connectivity index (χ3n) is 20.5. The minimum atomic E-state index is 0. The third-order valence-corrected chi connectivity index (χ3v) is 20.9. The Labute approximate surface area is 722 Å². The van der Waals surface area contributed by atoms with Gasteiger partial charge in [-0.05, 0) is 202 Å². The van der Waals surface area contributed by atoms with Crippen molar-refractivity contribution in [2.24, 2.45) is 0 Å². The van der Waals surface area contributed by atoms with E-state index in [9.17, 15) is 0 Å². The van der Waals surface area contributed by atoms with Gasteiger partial charge in [-0.15, -0.1) is 0 Å². The summed E-state index contributed by atoms with van der Waals surface area (Å²) in [6, 6.07) is 95.1. The number of rotatable bonds is 10. The summed E-state index contributed by atoms with van der Waals surface area (Å²) in [7, 11) is 0. The van der Waals surface area contributed by atoms with Crippen molar-refractivity contribution in [1.82, 2.24) is 47.8 Å². The van der Waals surface area contributed by atoms with Gasteiger partial charge in [-0.1, -0.05) is 279 Å². The summed E-state index contributed by atoms with van der Waals surface area (Å²) in [5, 5.41) is 0. The van der Waals surface area contributed by atoms with Crippen LogP contribution in [-0.2, 0) is 20.4 Å². The number of imidazole rings is 5. The first-order valence-corrected chi connectivity index (χ1v) is 39.8. The van der Waals surface area contributed by atoms with Crippen LogP contribution in [0, 0.1) is 126 Å². The molecule has 0 aliphatic rings. The van der Waals surface area contributed by atoms with Crippen molar-refractivity contribution in [3.63, 3.8) is 0 Å². The van der Waals surface area contributed by atoms with Crippen molar-refractivity contribution in [2.75, 3.05) is 5.73 Å². The van der Waals surface area contributed by atoms with Crippen LogP contribution in [0.1, 0.15) is 101 Å². The number of aryl methyl sites for hydroxylation is 12. The second-order valence-corrected chi connectivity index (χ2v) is 30.0. The number of halogens is 1. The Hall–Kier alpha value is -13.7. The van der Waals surface area contributed by atoms with Crippen molar-refractivity contribution in [2.45, 2.75) is 83.1 Å². The molecular weight excluding hydrogens is 1610 g/mol. The molecule has 0 amide bonds. The molecule has 0 bridgehead atoms. The Morgan fingerprint density at radius 2 is 0.487 bits per heavy atom. The Bertz CT molecular complexity index is 6100. The molecule has 17 aromatic rings. The van der Waals surface area contributed by atoms with Gasteiger partial charge in [0.1, 0.15) is 50.8 Å². The van der Waals surface area contributed by atoms with E-state index in [-0.39, 0.29) is 27.8 Å². The summed E-state index contributed by atoms with van der Waals surface area (Å²) < 4.78 is 11.6. The molecule has 11 nitrogen and oxygen atoms in total. The number of hydrogen-bond donors (Lipinski definition) is 1. The van der Waals surface area contributed by atoms with Crippen LogP contribution in [0.4, 0.5) is 5.69 Å². The largest absolute Gasteiger partial charge is 0.398 e. The number of hydrogen-bond acceptors (Lipinski definition) is 6. The molecule has 0 spiro atoms. The van der Waals surface area contributed by atoms with Gasteiger partial charge in [0.2, 0.25) is 0 Å². The monoisotopic (exact) mass is 1700 g/mol. The summed E-state index contributed by atoms with van der Waals surface area (Å²) in [6.07, 6.45) is 12.0. The van der Waals surface area contributed by atoms with Gasteiger partial charge in [-0.3, -0.25) is 22.8 Å². The van der Waals surface area contributed by atoms with Crippen LogP contribution in [0.3, 0.4) is 0 Å². The molecule has 119 heavy (non-hydrogen) atoms. The molecular formula is C106H93BrN11Pd-. The van der Waals surface area contributed by atoms with Gasteiger partial charge >= 0.3 is 0 Å². The van der Waals surface area contributed by atoms with Crippen LogP contribution in [0.5, 0.6) is 0 Å². The van der Waals surface area contributed by atoms with Crippen molar-refractivity contribution in [3.05, 3.63) is 429 Å². The van der Waals surface area contributed by atoms with Gasteiger partial charge in [0, 0.05) is 108 Å². The van der Waals surface area contributed by atoms with Crippen LogP contribution >= 0.6 is 15.9 Å². The fourth-order valence-electron chi connectivity index (χ4n) is 14.8. The number of aromatic nitrogens is 10. The molecule has 17 rings (SSSR count). The normalized spacial score (nSPS) is 10.4. The molecule has 0 saturated carbocycles. The van der Waals surface area contributed by atoms with Crippen LogP contribution < -0.4 is 5.73 Å². The molecule has 0 atom stereocenters. The molecule has 2 N–H and O–H groups in total. The van der Waals surface area contributed by atoms with Crippen molar-refractivity contribution >= 4 is 21.6 Å². The number of para-hydroxylation sites is 6. The fraction of sp³-hybridized carbons (Fsp3) is 0.113. The quantitative estimate of drug-likeness (QED) is 0.0631. The summed E-state index contributed by atoms with van der Waals surface area (Å²) >= 11 is 3.49. The summed E-state index contributed by atoms with van der Waals surface area (Å²) in [6.45, 7) is 25.3. The van der Waals surface area contributed by atoms with E-state index in [1.54, 1.807) is 0 Å². The maximum absolute atomic E-state index is 5.68. The molecule has 0 aliphatic heterocycles. The minimum Gasteiger partial charge on any atom is -0.398 e. The zero-order chi connectivity index (χ0) is 81.6. The van der Waals surface area contributed by atoms with Crippen molar-refractivity contribution in [3.8, 4) is 121 Å². The number of nitrogen functional groups attached to an aromatic ring is 1. The molecule has 0 aliphatic carbocycles. The maximum atomic E-state index is 5.68. The van der Waals surface area contributed by atoms with E-state index in [0.29, 0.717) is 17.1 Å². The van der Waals surface area contributed by atoms with Crippen molar-refractivity contribution < 1.29 is 20.4 Å². The maximum Gasteiger partial charge on any atom is 0.146 e. The first-order valence-electron chi connectivity index (χ1n) is 39.0. The summed E-state index contributed by atoms with van der Waals surface area (Å²) in [5.74, 6) is 25.0. The first kappa shape index (κ1) is 84.7. The van der Waals surface area contributed by atoms with Crippen LogP contribution in [0.15, 0.2) is 321 Å². The van der Waals surface area contributed by atoms with Gasteiger partial charge in [-0.2, -0.15) is 0 Å². The molecule has 13 heteroatoms. The minimum absolute atomic E-state index is 0. The molecule has 5 aromatic heterocycles. The standard InChI is InChI=1S/C63H48N6.C17H15BrN2.C17H16N2.C8H11N.CH3.Pd/c1-43-19-16-20-44(2)58(43)67-40-55(64-61(67)52-25-10-7-11-26-52)34-31-49-37-50(32-35-56-41-68(59-45(3)21-17-22-46(59)4)62(65-56)53-27-12-8-13-28-53)39-51(38-49)33-36-57-42-69(60-47(5)23-18-24-48(60)6)63(66-57)54-29-14-9-15-30-54;1-12-7-6-8-13(2)16(12)20-11-15(18)19-17(20)14-9-4-3-5-10-14;1-13-7-6-8-14(2)16(13)19-12-11-18-17(19)15-9-4-3-5-10-15;1-6-4-3-5-7(2)8(6)9;;/h7-30,37-42H,1-6H3;3-11H,1-2H3;3-12H,1-2H3;3-5H,9H2,1-2H3;1H3;/q;;;;-1;. The SMILES string of the molecule is Cc1cccc(C)c1-n1cc(Br)nc1-c1ccccc1.Cc1cccc(C)c1-n1cc(C#Cc2cc(C#Cc3cn(-c4c(C)cccc4C)c(-c4ccccc4)n3)cc(C#Cc3cn(-c4c(C)cccc4C)c(-c4ccccc4)n3)c2)nc1-c1ccccc1.Cc1cccc(C)c1-n1ccnc1-c1ccccc1.Cc1cccc(C)c1N.[CH3-].[Pd]. The molecule has 0 unspecified atom stereocenters. The summed E-state index contributed by atoms with van der Waals surface area (Å²) in [5.41, 5.74) is 36.1. The molecule has 590 valence electrons. The zero-order valence-electron chi connectivity index (χ0n) is 69.3. The van der Waals surface area contributed by atoms with E-state index in [0.717, 1.165) is 145 Å². The summed E-state index contributed by atoms with van der Waals surface area (Å²) in [4.78, 5) is 24.5. The molecule has 0 radical (unpaired) electrons. The Morgan fingerprint density at radius 1 is 0.261 bits per heavy atom. The van der Waals surface area contributed by atoms with Crippen molar-refractivity contribution in [1.29, 1.82) is 0 Å². The van der Waals surface area contributed by atoms with Crippen LogP contribution in [0.25, 0.3) is 85.4 Å². The Kier molecular flexibility index (Phi) is 27.6. The van der Waals surface area contributed by atoms with Gasteiger partial charge in [0.25, 0.3) is 0 Å². The van der Waals surface area contributed by atoms with Crippen LogP contribution in [0.2, 0.25) is 0 Å². The van der Waals surface area contributed by atoms with Gasteiger partial charge in [0.15, 0.2) is 0 Å². The van der Waals surface area contributed by atoms with E-state index >= 15 is 0 Å². The number of nitrogens with zero attached hydrogens (tertiary/aromatic N) is 10. The average Bonchev–Trinajstić information content (AvgIpc) is 1.68. The number of anilines is 1. The van der Waals surface area contributed by atoms with E-state index in [1.807, 2.05) is 178 Å². The van der Waals surface area contributed by atoms with Gasteiger partial charge in [0.05, 0.1) is 28.4 Å². The van der Waals surface area contributed by atoms with Gasteiger partial charge in [-0.25, -0.2) is 24.9 Å². The molecule has 0 fully saturated rings. The first-order chi connectivity index (χ1) is 56.8. The smallest absolute Gasteiger partial charge is 0.146 e. The Balaban J connectivity index is 0.000000207. The zero-order valence-corrected chi connectivity index (χ0v) is 72.4. The predicted octanol–water partition coefficient (Wildman–Crippen LogP) is 24.7. The van der Waals surface area contributed by atoms with Crippen LogP contribution in [-0.4, -0.2) is 47.8 Å². The predicted molar refractivity (Wildman–Crippen MR) is 491 cm³/mol. The molecule has 12 aromatic carbocycles. The topological polar surface area (TPSA) is 115 Å². The second-order valence-electron chi connectivity index (χ2n) is 29.2. The van der Waals surface area contributed by atoms with Gasteiger partial charge < -0.3 is 13.2 Å². The second kappa shape index (κ2) is 38.8. The molecule has 5 heterocycles. The van der Waals surface area contributed by atoms with E-state index in [1.165, 1.54) is 33.6 Å².